The minimum atomic E-state index is -3.46. The minimum Gasteiger partial charge on any atom is -0.308 e. The standard InChI is InChI=1S/C20H21ClN2O3S/c21-18-8-2-1-7-17(18)20(24)23-13-5-6-15-14-16(9-10-19(15)23)27(25,26)22-11-3-4-12-22/h1-2,7-10,14H,3-6,11-13H2. The average Bonchev–Trinajstić information content (AvgIpc) is 3.22. The summed E-state index contributed by atoms with van der Waals surface area (Å²) in [5.74, 6) is -0.156. The summed E-state index contributed by atoms with van der Waals surface area (Å²) in [6, 6.07) is 12.1. The second-order valence-corrected chi connectivity index (χ2v) is 9.29. The first-order chi connectivity index (χ1) is 13.0. The predicted molar refractivity (Wildman–Crippen MR) is 106 cm³/mol. The molecule has 2 heterocycles. The molecule has 1 amide bonds. The summed E-state index contributed by atoms with van der Waals surface area (Å²) in [7, 11) is -3.46. The number of halogens is 1. The molecule has 0 atom stereocenters. The van der Waals surface area contributed by atoms with Gasteiger partial charge < -0.3 is 4.90 Å². The topological polar surface area (TPSA) is 57.7 Å². The summed E-state index contributed by atoms with van der Waals surface area (Å²) in [6.45, 7) is 1.75. The number of amides is 1. The molecule has 0 unspecified atom stereocenters. The number of hydrogen-bond donors (Lipinski definition) is 0. The molecule has 0 bridgehead atoms. The number of sulfonamides is 1. The van der Waals surface area contributed by atoms with Crippen molar-refractivity contribution in [1.82, 2.24) is 4.31 Å². The Hall–Kier alpha value is -1.89. The largest absolute Gasteiger partial charge is 0.308 e. The Balaban J connectivity index is 1.68. The van der Waals surface area contributed by atoms with Gasteiger partial charge in [0.25, 0.3) is 5.91 Å². The fourth-order valence-electron chi connectivity index (χ4n) is 3.80. The summed E-state index contributed by atoms with van der Waals surface area (Å²) >= 11 is 6.19. The van der Waals surface area contributed by atoms with E-state index in [-0.39, 0.29) is 5.91 Å². The van der Waals surface area contributed by atoms with E-state index in [2.05, 4.69) is 0 Å². The maximum Gasteiger partial charge on any atom is 0.259 e. The van der Waals surface area contributed by atoms with Crippen LogP contribution in [0.25, 0.3) is 0 Å². The van der Waals surface area contributed by atoms with E-state index in [1.807, 2.05) is 0 Å². The normalized spacial score (nSPS) is 17.7. The first-order valence-corrected chi connectivity index (χ1v) is 11.0. The van der Waals surface area contributed by atoms with Crippen molar-refractivity contribution in [3.05, 3.63) is 58.6 Å². The van der Waals surface area contributed by atoms with Crippen molar-refractivity contribution < 1.29 is 13.2 Å². The second-order valence-electron chi connectivity index (χ2n) is 6.94. The fraction of sp³-hybridized carbons (Fsp3) is 0.350. The highest BCUT2D eigenvalue weighted by atomic mass is 35.5. The number of hydrogen-bond acceptors (Lipinski definition) is 3. The quantitative estimate of drug-likeness (QED) is 0.783. The van der Waals surface area contributed by atoms with Crippen LogP contribution < -0.4 is 4.90 Å². The number of carbonyl (C=O) groups excluding carboxylic acids is 1. The van der Waals surface area contributed by atoms with Gasteiger partial charge in [-0.25, -0.2) is 8.42 Å². The van der Waals surface area contributed by atoms with Crippen LogP contribution in [-0.2, 0) is 16.4 Å². The summed E-state index contributed by atoms with van der Waals surface area (Å²) < 4.78 is 27.2. The van der Waals surface area contributed by atoms with E-state index in [4.69, 9.17) is 11.6 Å². The van der Waals surface area contributed by atoms with Gasteiger partial charge in [-0.2, -0.15) is 4.31 Å². The Morgan fingerprint density at radius 2 is 1.70 bits per heavy atom. The van der Waals surface area contributed by atoms with Crippen molar-refractivity contribution in [1.29, 1.82) is 0 Å². The maximum atomic E-state index is 13.0. The molecule has 5 nitrogen and oxygen atoms in total. The van der Waals surface area contributed by atoms with Crippen molar-refractivity contribution in [2.24, 2.45) is 0 Å². The second kappa shape index (κ2) is 7.26. The number of nitrogens with zero attached hydrogens (tertiary/aromatic N) is 2. The van der Waals surface area contributed by atoms with Gasteiger partial charge in [-0.1, -0.05) is 23.7 Å². The highest BCUT2D eigenvalue weighted by Gasteiger charge is 2.30. The van der Waals surface area contributed by atoms with Crippen LogP contribution in [-0.4, -0.2) is 38.3 Å². The molecule has 4 rings (SSSR count). The molecule has 1 fully saturated rings. The number of fused-ring (bicyclic) bond motifs is 1. The molecule has 2 aliphatic heterocycles. The molecule has 7 heteroatoms. The van der Waals surface area contributed by atoms with Gasteiger partial charge in [-0.3, -0.25) is 4.79 Å². The third-order valence-corrected chi connectivity index (χ3v) is 7.45. The maximum absolute atomic E-state index is 13.0. The van der Waals surface area contributed by atoms with E-state index >= 15 is 0 Å². The van der Waals surface area contributed by atoms with Gasteiger partial charge in [-0.15, -0.1) is 0 Å². The Labute approximate surface area is 164 Å². The first kappa shape index (κ1) is 18.5. The van der Waals surface area contributed by atoms with Gasteiger partial charge in [0, 0.05) is 25.3 Å². The highest BCUT2D eigenvalue weighted by Crippen LogP contribution is 2.33. The van der Waals surface area contributed by atoms with Crippen LogP contribution in [0.15, 0.2) is 47.4 Å². The Morgan fingerprint density at radius 3 is 2.44 bits per heavy atom. The Morgan fingerprint density at radius 1 is 0.963 bits per heavy atom. The molecule has 0 aliphatic carbocycles. The lowest BCUT2D eigenvalue weighted by molar-refractivity contribution is 0.0985. The number of aryl methyl sites for hydroxylation is 1. The van der Waals surface area contributed by atoms with E-state index in [9.17, 15) is 13.2 Å². The van der Waals surface area contributed by atoms with Crippen molar-refractivity contribution in [2.75, 3.05) is 24.5 Å². The van der Waals surface area contributed by atoms with Gasteiger partial charge in [0.1, 0.15) is 0 Å². The zero-order chi connectivity index (χ0) is 19.0. The molecule has 0 radical (unpaired) electrons. The molecule has 2 aromatic rings. The van der Waals surface area contributed by atoms with E-state index in [1.54, 1.807) is 51.7 Å². The summed E-state index contributed by atoms with van der Waals surface area (Å²) in [4.78, 5) is 15.0. The zero-order valence-corrected chi connectivity index (χ0v) is 16.5. The lowest BCUT2D eigenvalue weighted by Crippen LogP contribution is -2.36. The van der Waals surface area contributed by atoms with Crippen molar-refractivity contribution in [3.63, 3.8) is 0 Å². The van der Waals surface area contributed by atoms with E-state index in [0.717, 1.165) is 36.9 Å². The molecular formula is C20H21ClN2O3S. The number of benzene rings is 2. The molecule has 1 saturated heterocycles. The minimum absolute atomic E-state index is 0.156. The van der Waals surface area contributed by atoms with Crippen molar-refractivity contribution in [2.45, 2.75) is 30.6 Å². The van der Waals surface area contributed by atoms with E-state index in [1.165, 1.54) is 0 Å². The monoisotopic (exact) mass is 404 g/mol. The lowest BCUT2D eigenvalue weighted by Gasteiger charge is -2.30. The summed E-state index contributed by atoms with van der Waals surface area (Å²) in [6.07, 6.45) is 3.36. The molecule has 0 spiro atoms. The third-order valence-electron chi connectivity index (χ3n) is 5.22. The number of rotatable bonds is 3. The van der Waals surface area contributed by atoms with Crippen molar-refractivity contribution >= 4 is 33.2 Å². The fourth-order valence-corrected chi connectivity index (χ4v) is 5.59. The molecule has 27 heavy (non-hydrogen) atoms. The van der Waals surface area contributed by atoms with Gasteiger partial charge in [0.15, 0.2) is 0 Å². The van der Waals surface area contributed by atoms with Crippen LogP contribution in [0, 0.1) is 0 Å². The molecule has 0 saturated carbocycles. The van der Waals surface area contributed by atoms with Gasteiger partial charge in [-0.05, 0) is 61.6 Å². The van der Waals surface area contributed by atoms with Gasteiger partial charge in [0.2, 0.25) is 10.0 Å². The lowest BCUT2D eigenvalue weighted by atomic mass is 10.0. The number of anilines is 1. The predicted octanol–water partition coefficient (Wildman–Crippen LogP) is 3.72. The van der Waals surface area contributed by atoms with Crippen LogP contribution in [0.3, 0.4) is 0 Å². The third kappa shape index (κ3) is 3.37. The van der Waals surface area contributed by atoms with E-state index < -0.39 is 10.0 Å². The molecule has 0 N–H and O–H groups in total. The van der Waals surface area contributed by atoms with Gasteiger partial charge in [0.05, 0.1) is 15.5 Å². The SMILES string of the molecule is O=C(c1ccccc1Cl)N1CCCc2cc(S(=O)(=O)N3CCCC3)ccc21. The molecular weight excluding hydrogens is 384 g/mol. The first-order valence-electron chi connectivity index (χ1n) is 9.18. The van der Waals surface area contributed by atoms with Crippen LogP contribution in [0.4, 0.5) is 5.69 Å². The summed E-state index contributed by atoms with van der Waals surface area (Å²) in [5.41, 5.74) is 2.12. The van der Waals surface area contributed by atoms with Crippen molar-refractivity contribution in [3.8, 4) is 0 Å². The van der Waals surface area contributed by atoms with Crippen LogP contribution >= 0.6 is 11.6 Å². The zero-order valence-electron chi connectivity index (χ0n) is 14.9. The highest BCUT2D eigenvalue weighted by molar-refractivity contribution is 7.89. The molecule has 2 aromatic carbocycles. The smallest absolute Gasteiger partial charge is 0.259 e. The Kier molecular flexibility index (Phi) is 4.97. The average molecular weight is 405 g/mol. The van der Waals surface area contributed by atoms with Crippen LogP contribution in [0.1, 0.15) is 35.2 Å². The van der Waals surface area contributed by atoms with E-state index in [0.29, 0.717) is 35.1 Å². The molecule has 2 aliphatic rings. The number of carbonyl (C=O) groups is 1. The van der Waals surface area contributed by atoms with Gasteiger partial charge >= 0.3 is 0 Å². The molecule has 0 aromatic heterocycles. The van der Waals surface area contributed by atoms with Crippen LogP contribution in [0.2, 0.25) is 5.02 Å². The van der Waals surface area contributed by atoms with Crippen LogP contribution in [0.5, 0.6) is 0 Å². The molecule has 142 valence electrons. The summed E-state index contributed by atoms with van der Waals surface area (Å²) in [5, 5.41) is 0.419. The Bertz CT molecular complexity index is 984.